The zero-order chi connectivity index (χ0) is 20.6. The Morgan fingerprint density at radius 2 is 1.93 bits per heavy atom. The second-order valence-electron chi connectivity index (χ2n) is 7.48. The van der Waals surface area contributed by atoms with Crippen LogP contribution < -0.4 is 10.2 Å². The molecular formula is C21H23N3O3S2. The predicted octanol–water partition coefficient (Wildman–Crippen LogP) is 3.02. The molecule has 8 heteroatoms. The number of aliphatic imine (C=N–C) groups is 1. The number of nitrogens with one attached hydrogen (secondary N) is 1. The molecule has 2 aliphatic rings. The van der Waals surface area contributed by atoms with Gasteiger partial charge < -0.3 is 10.2 Å². The molecule has 0 bridgehead atoms. The lowest BCUT2D eigenvalue weighted by atomic mass is 10.1. The van der Waals surface area contributed by atoms with Crippen LogP contribution in [0.3, 0.4) is 0 Å². The Kier molecular flexibility index (Phi) is 5.40. The number of hydrogen-bond donors (Lipinski definition) is 1. The first-order valence-electron chi connectivity index (χ1n) is 9.45. The maximum absolute atomic E-state index is 12.5. The van der Waals surface area contributed by atoms with Gasteiger partial charge in [-0.25, -0.2) is 8.42 Å². The smallest absolute Gasteiger partial charge is 0.234 e. The Balaban J connectivity index is 1.49. The minimum Gasteiger partial charge on any atom is -0.325 e. The van der Waals surface area contributed by atoms with Gasteiger partial charge in [0.25, 0.3) is 0 Å². The normalized spacial score (nSPS) is 22.3. The highest BCUT2D eigenvalue weighted by Gasteiger charge is 2.47. The van der Waals surface area contributed by atoms with Crippen LogP contribution in [0.5, 0.6) is 0 Å². The quantitative estimate of drug-likeness (QED) is 0.808. The highest BCUT2D eigenvalue weighted by molar-refractivity contribution is 8.14. The number of benzene rings is 2. The number of amidine groups is 1. The number of para-hydroxylation sites is 1. The van der Waals surface area contributed by atoms with E-state index in [1.165, 1.54) is 11.8 Å². The molecule has 0 unspecified atom stereocenters. The summed E-state index contributed by atoms with van der Waals surface area (Å²) in [5, 5.41) is 3.67. The van der Waals surface area contributed by atoms with Gasteiger partial charge in [0.05, 0.1) is 29.3 Å². The topological polar surface area (TPSA) is 78.8 Å². The van der Waals surface area contributed by atoms with Gasteiger partial charge in [-0.1, -0.05) is 42.1 Å². The molecule has 2 aliphatic heterocycles. The van der Waals surface area contributed by atoms with Crippen LogP contribution in [0.2, 0.25) is 0 Å². The van der Waals surface area contributed by atoms with Crippen molar-refractivity contribution < 1.29 is 13.2 Å². The Labute approximate surface area is 175 Å². The minimum absolute atomic E-state index is 0.0692. The van der Waals surface area contributed by atoms with E-state index in [0.29, 0.717) is 5.17 Å². The summed E-state index contributed by atoms with van der Waals surface area (Å²) in [4.78, 5) is 19.2. The first-order chi connectivity index (χ1) is 13.8. The molecule has 4 rings (SSSR count). The monoisotopic (exact) mass is 429 g/mol. The third-order valence-corrected chi connectivity index (χ3v) is 7.81. The van der Waals surface area contributed by atoms with Gasteiger partial charge in [-0.2, -0.15) is 0 Å². The summed E-state index contributed by atoms with van der Waals surface area (Å²) in [5.41, 5.74) is 3.81. The second-order valence-corrected chi connectivity index (χ2v) is 10.6. The molecule has 0 spiro atoms. The molecule has 0 saturated carbocycles. The number of rotatable bonds is 4. The zero-order valence-corrected chi connectivity index (χ0v) is 18.0. The summed E-state index contributed by atoms with van der Waals surface area (Å²) < 4.78 is 24.2. The molecule has 1 N–H and O–H groups in total. The van der Waals surface area contributed by atoms with Crippen molar-refractivity contribution in [3.05, 3.63) is 59.7 Å². The van der Waals surface area contributed by atoms with E-state index in [1.54, 1.807) is 0 Å². The fraction of sp³-hybridized carbons (Fsp3) is 0.333. The second kappa shape index (κ2) is 7.84. The van der Waals surface area contributed by atoms with Gasteiger partial charge in [-0.3, -0.25) is 9.79 Å². The number of anilines is 2. The molecule has 1 saturated heterocycles. The molecule has 152 valence electrons. The highest BCUT2D eigenvalue weighted by Crippen LogP contribution is 2.35. The number of sulfone groups is 1. The molecule has 0 aliphatic carbocycles. The molecule has 29 heavy (non-hydrogen) atoms. The molecular weight excluding hydrogens is 406 g/mol. The van der Waals surface area contributed by atoms with Crippen molar-refractivity contribution >= 4 is 44.0 Å². The first-order valence-corrected chi connectivity index (χ1v) is 12.3. The van der Waals surface area contributed by atoms with Gasteiger partial charge in [-0.05, 0) is 43.2 Å². The van der Waals surface area contributed by atoms with Crippen molar-refractivity contribution in [1.82, 2.24) is 0 Å². The van der Waals surface area contributed by atoms with E-state index >= 15 is 0 Å². The molecule has 1 fully saturated rings. The number of nitrogens with zero attached hydrogens (tertiary/aromatic N) is 2. The van der Waals surface area contributed by atoms with Crippen LogP contribution in [-0.2, 0) is 14.6 Å². The third kappa shape index (κ3) is 4.33. The van der Waals surface area contributed by atoms with E-state index in [9.17, 15) is 13.2 Å². The summed E-state index contributed by atoms with van der Waals surface area (Å²) in [6.45, 7) is 3.95. The van der Waals surface area contributed by atoms with Crippen molar-refractivity contribution in [1.29, 1.82) is 0 Å². The van der Waals surface area contributed by atoms with Gasteiger partial charge in [0.1, 0.15) is 0 Å². The lowest BCUT2D eigenvalue weighted by molar-refractivity contribution is -0.113. The van der Waals surface area contributed by atoms with Gasteiger partial charge >= 0.3 is 0 Å². The maximum Gasteiger partial charge on any atom is 0.234 e. The van der Waals surface area contributed by atoms with Crippen molar-refractivity contribution in [3.63, 3.8) is 0 Å². The molecule has 0 radical (unpaired) electrons. The Hall–Kier alpha value is -2.32. The van der Waals surface area contributed by atoms with E-state index in [1.807, 2.05) is 67.3 Å². The van der Waals surface area contributed by atoms with Gasteiger partial charge in [-0.15, -0.1) is 0 Å². The summed E-state index contributed by atoms with van der Waals surface area (Å²) in [5.74, 6) is 0.264. The van der Waals surface area contributed by atoms with Gasteiger partial charge in [0, 0.05) is 11.4 Å². The molecule has 2 aromatic rings. The van der Waals surface area contributed by atoms with Crippen LogP contribution in [0.15, 0.2) is 53.5 Å². The lowest BCUT2D eigenvalue weighted by Crippen LogP contribution is -2.39. The van der Waals surface area contributed by atoms with Crippen molar-refractivity contribution in [2.45, 2.75) is 25.9 Å². The van der Waals surface area contributed by atoms with E-state index in [4.69, 9.17) is 0 Å². The van der Waals surface area contributed by atoms with Crippen LogP contribution in [0.25, 0.3) is 0 Å². The van der Waals surface area contributed by atoms with E-state index in [0.717, 1.165) is 22.5 Å². The fourth-order valence-electron chi connectivity index (χ4n) is 3.71. The lowest BCUT2D eigenvalue weighted by Gasteiger charge is -2.26. The summed E-state index contributed by atoms with van der Waals surface area (Å²) in [6, 6.07) is 15.1. The number of carbonyl (C=O) groups excluding carboxylic acids is 1. The standard InChI is InChI=1S/C21H23N3O3S2/c1-14-8-9-15(2)17(10-14)22-20(25)11-28-21-23-18-12-29(26,27)13-19(18)24(21)16-6-4-3-5-7-16/h3-10,18-19H,11-13H2,1-2H3,(H,22,25)/t18-,19-/m1/s1. The number of fused-ring (bicyclic) bond motifs is 1. The predicted molar refractivity (Wildman–Crippen MR) is 120 cm³/mol. The van der Waals surface area contributed by atoms with E-state index < -0.39 is 9.84 Å². The number of carbonyl (C=O) groups is 1. The summed E-state index contributed by atoms with van der Waals surface area (Å²) in [7, 11) is -3.09. The van der Waals surface area contributed by atoms with Crippen LogP contribution in [0, 0.1) is 13.8 Å². The largest absolute Gasteiger partial charge is 0.325 e. The molecule has 2 atom stereocenters. The molecule has 1 amide bonds. The maximum atomic E-state index is 12.5. The van der Waals surface area contributed by atoms with Crippen LogP contribution in [-0.4, -0.2) is 48.8 Å². The number of thioether (sulfide) groups is 1. The third-order valence-electron chi connectivity index (χ3n) is 5.14. The zero-order valence-electron chi connectivity index (χ0n) is 16.3. The minimum atomic E-state index is -3.09. The van der Waals surface area contributed by atoms with Crippen LogP contribution >= 0.6 is 11.8 Å². The van der Waals surface area contributed by atoms with Crippen LogP contribution in [0.1, 0.15) is 11.1 Å². The van der Waals surface area contributed by atoms with Crippen molar-refractivity contribution in [2.24, 2.45) is 4.99 Å². The average Bonchev–Trinajstić information content (AvgIpc) is 3.14. The van der Waals surface area contributed by atoms with Crippen LogP contribution in [0.4, 0.5) is 11.4 Å². The SMILES string of the molecule is Cc1ccc(C)c(NC(=O)CSC2=N[C@@H]3CS(=O)(=O)C[C@H]3N2c2ccccc2)c1. The van der Waals surface area contributed by atoms with Crippen molar-refractivity contribution in [2.75, 3.05) is 27.5 Å². The fourth-order valence-corrected chi connectivity index (χ4v) is 6.48. The average molecular weight is 430 g/mol. The number of aryl methyl sites for hydroxylation is 2. The Morgan fingerprint density at radius 3 is 2.69 bits per heavy atom. The highest BCUT2D eigenvalue weighted by atomic mass is 32.2. The Morgan fingerprint density at radius 1 is 1.17 bits per heavy atom. The Bertz CT molecular complexity index is 1070. The van der Waals surface area contributed by atoms with Gasteiger partial charge in [0.2, 0.25) is 5.91 Å². The van der Waals surface area contributed by atoms with Gasteiger partial charge in [0.15, 0.2) is 15.0 Å². The van der Waals surface area contributed by atoms with E-state index in [2.05, 4.69) is 10.3 Å². The van der Waals surface area contributed by atoms with Crippen molar-refractivity contribution in [3.8, 4) is 0 Å². The molecule has 6 nitrogen and oxygen atoms in total. The number of amides is 1. The summed E-state index contributed by atoms with van der Waals surface area (Å²) in [6.07, 6.45) is 0. The summed E-state index contributed by atoms with van der Waals surface area (Å²) >= 11 is 1.35. The molecule has 0 aromatic heterocycles. The number of hydrogen-bond acceptors (Lipinski definition) is 6. The first kappa shape index (κ1) is 20.0. The molecule has 2 heterocycles. The van der Waals surface area contributed by atoms with E-state index in [-0.39, 0.29) is 35.2 Å². The molecule has 2 aromatic carbocycles.